The fourth-order valence-corrected chi connectivity index (χ4v) is 2.80. The molecule has 0 aromatic carbocycles. The van der Waals surface area contributed by atoms with Gasteiger partial charge in [0.25, 0.3) is 0 Å². The summed E-state index contributed by atoms with van der Waals surface area (Å²) in [5.41, 5.74) is 0. The fourth-order valence-electron chi connectivity index (χ4n) is 2.80. The monoisotopic (exact) mass is 248 g/mol. The fraction of sp³-hybridized carbons (Fsp3) is 0.733. The van der Waals surface area contributed by atoms with Gasteiger partial charge < -0.3 is 9.73 Å². The molecule has 0 unspecified atom stereocenters. The average molecular weight is 248 g/mol. The maximum Gasteiger partial charge on any atom is 0.117 e. The summed E-state index contributed by atoms with van der Waals surface area (Å²) in [7, 11) is 2.16. The summed E-state index contributed by atoms with van der Waals surface area (Å²) >= 11 is 0. The minimum Gasteiger partial charge on any atom is -0.468 e. The van der Waals surface area contributed by atoms with Crippen LogP contribution >= 0.6 is 0 Å². The van der Waals surface area contributed by atoms with Gasteiger partial charge in [-0.3, -0.25) is 4.90 Å². The molecule has 2 fully saturated rings. The van der Waals surface area contributed by atoms with E-state index in [9.17, 15) is 0 Å². The first-order valence-electron chi connectivity index (χ1n) is 7.27. The zero-order valence-electron chi connectivity index (χ0n) is 11.3. The molecule has 0 saturated heterocycles. The van der Waals surface area contributed by atoms with Crippen LogP contribution in [0.1, 0.15) is 31.4 Å². The van der Waals surface area contributed by atoms with Gasteiger partial charge >= 0.3 is 0 Å². The van der Waals surface area contributed by atoms with Crippen molar-refractivity contribution in [2.45, 2.75) is 38.3 Å². The quantitative estimate of drug-likeness (QED) is 0.766. The lowest BCUT2D eigenvalue weighted by atomic mass is 10.1. The number of nitrogens with zero attached hydrogens (tertiary/aromatic N) is 1. The molecule has 0 bridgehead atoms. The molecule has 1 N–H and O–H groups in total. The first kappa shape index (κ1) is 12.2. The van der Waals surface area contributed by atoms with E-state index < -0.39 is 0 Å². The Balaban J connectivity index is 1.35. The molecule has 2 aliphatic carbocycles. The van der Waals surface area contributed by atoms with Crippen LogP contribution in [0.2, 0.25) is 0 Å². The third-order valence-electron chi connectivity index (χ3n) is 4.14. The summed E-state index contributed by atoms with van der Waals surface area (Å²) in [5, 5.41) is 3.78. The summed E-state index contributed by atoms with van der Waals surface area (Å²) in [6.07, 6.45) is 7.57. The van der Waals surface area contributed by atoms with E-state index in [0.29, 0.717) is 0 Å². The van der Waals surface area contributed by atoms with E-state index in [0.717, 1.165) is 43.3 Å². The molecule has 1 aromatic heterocycles. The SMILES string of the molecule is CN(CCNC(C1CC1)C1CC1)Cc1ccco1. The van der Waals surface area contributed by atoms with Crippen LogP contribution in [0.5, 0.6) is 0 Å². The molecule has 2 aliphatic rings. The van der Waals surface area contributed by atoms with Crippen molar-refractivity contribution in [1.82, 2.24) is 10.2 Å². The third kappa shape index (κ3) is 3.36. The molecule has 0 atom stereocenters. The van der Waals surface area contributed by atoms with Gasteiger partial charge in [0, 0.05) is 19.1 Å². The molecule has 0 spiro atoms. The van der Waals surface area contributed by atoms with E-state index in [2.05, 4.69) is 17.3 Å². The second-order valence-corrected chi connectivity index (χ2v) is 5.97. The summed E-state index contributed by atoms with van der Waals surface area (Å²) in [4.78, 5) is 2.32. The van der Waals surface area contributed by atoms with Crippen LogP contribution in [-0.2, 0) is 6.54 Å². The third-order valence-corrected chi connectivity index (χ3v) is 4.14. The van der Waals surface area contributed by atoms with Crippen molar-refractivity contribution in [3.05, 3.63) is 24.2 Å². The lowest BCUT2D eigenvalue weighted by molar-refractivity contribution is 0.282. The van der Waals surface area contributed by atoms with Crippen LogP contribution in [0.15, 0.2) is 22.8 Å². The lowest BCUT2D eigenvalue weighted by Gasteiger charge is -2.20. The van der Waals surface area contributed by atoms with Crippen molar-refractivity contribution in [2.24, 2.45) is 11.8 Å². The largest absolute Gasteiger partial charge is 0.468 e. The minimum atomic E-state index is 0.821. The molecular formula is C15H24N2O. The van der Waals surface area contributed by atoms with Gasteiger partial charge in [-0.15, -0.1) is 0 Å². The Hall–Kier alpha value is -0.800. The van der Waals surface area contributed by atoms with E-state index in [1.165, 1.54) is 25.7 Å². The van der Waals surface area contributed by atoms with Crippen LogP contribution in [0, 0.1) is 11.8 Å². The molecular weight excluding hydrogens is 224 g/mol. The predicted octanol–water partition coefficient (Wildman–Crippen LogP) is 2.49. The van der Waals surface area contributed by atoms with Gasteiger partial charge in [-0.25, -0.2) is 0 Å². The number of likely N-dealkylation sites (N-methyl/N-ethyl adjacent to an activating group) is 1. The van der Waals surface area contributed by atoms with Crippen LogP contribution in [-0.4, -0.2) is 31.1 Å². The molecule has 3 rings (SSSR count). The van der Waals surface area contributed by atoms with Gasteiger partial charge in [0.15, 0.2) is 0 Å². The van der Waals surface area contributed by atoms with Crippen molar-refractivity contribution in [2.75, 3.05) is 20.1 Å². The lowest BCUT2D eigenvalue weighted by Crippen LogP contribution is -2.38. The summed E-state index contributed by atoms with van der Waals surface area (Å²) in [6, 6.07) is 4.82. The minimum absolute atomic E-state index is 0.821. The van der Waals surface area contributed by atoms with Crippen molar-refractivity contribution in [3.8, 4) is 0 Å². The first-order valence-corrected chi connectivity index (χ1v) is 7.27. The van der Waals surface area contributed by atoms with Crippen molar-refractivity contribution in [3.63, 3.8) is 0 Å². The Labute approximate surface area is 110 Å². The Morgan fingerprint density at radius 1 is 1.33 bits per heavy atom. The summed E-state index contributed by atoms with van der Waals surface area (Å²) in [6.45, 7) is 3.11. The molecule has 0 amide bonds. The highest BCUT2D eigenvalue weighted by Crippen LogP contribution is 2.44. The Morgan fingerprint density at radius 3 is 2.61 bits per heavy atom. The zero-order chi connectivity index (χ0) is 12.4. The number of nitrogens with one attached hydrogen (secondary N) is 1. The number of hydrogen-bond acceptors (Lipinski definition) is 3. The van der Waals surface area contributed by atoms with Gasteiger partial charge in [0.1, 0.15) is 5.76 Å². The smallest absolute Gasteiger partial charge is 0.117 e. The first-order chi connectivity index (χ1) is 8.83. The number of rotatable bonds is 8. The van der Waals surface area contributed by atoms with Crippen LogP contribution in [0.3, 0.4) is 0 Å². The number of furan rings is 1. The van der Waals surface area contributed by atoms with E-state index in [-0.39, 0.29) is 0 Å². The summed E-state index contributed by atoms with van der Waals surface area (Å²) < 4.78 is 5.37. The standard InChI is InChI=1S/C15H24N2O/c1-17(11-14-3-2-10-18-14)9-8-16-15(12-4-5-12)13-6-7-13/h2-3,10,12-13,15-16H,4-9,11H2,1H3. The highest BCUT2D eigenvalue weighted by atomic mass is 16.3. The Kier molecular flexibility index (Phi) is 3.71. The number of hydrogen-bond donors (Lipinski definition) is 1. The molecule has 0 aliphatic heterocycles. The molecule has 3 heteroatoms. The predicted molar refractivity (Wildman–Crippen MR) is 72.3 cm³/mol. The molecule has 18 heavy (non-hydrogen) atoms. The molecule has 3 nitrogen and oxygen atoms in total. The van der Waals surface area contributed by atoms with Gasteiger partial charge in [0.2, 0.25) is 0 Å². The Morgan fingerprint density at radius 2 is 2.06 bits per heavy atom. The van der Waals surface area contributed by atoms with Crippen molar-refractivity contribution >= 4 is 0 Å². The van der Waals surface area contributed by atoms with Crippen LogP contribution in [0.25, 0.3) is 0 Å². The van der Waals surface area contributed by atoms with Gasteiger partial charge in [-0.05, 0) is 56.7 Å². The maximum atomic E-state index is 5.37. The van der Waals surface area contributed by atoms with Crippen LogP contribution < -0.4 is 5.32 Å². The average Bonchev–Trinajstić information content (AvgIpc) is 3.27. The van der Waals surface area contributed by atoms with Crippen molar-refractivity contribution in [1.29, 1.82) is 0 Å². The summed E-state index contributed by atoms with van der Waals surface area (Å²) in [5.74, 6) is 3.04. The highest BCUT2D eigenvalue weighted by molar-refractivity contribution is 4.98. The van der Waals surface area contributed by atoms with E-state index >= 15 is 0 Å². The van der Waals surface area contributed by atoms with Gasteiger partial charge in [-0.2, -0.15) is 0 Å². The molecule has 1 aromatic rings. The van der Waals surface area contributed by atoms with Crippen LogP contribution in [0.4, 0.5) is 0 Å². The highest BCUT2D eigenvalue weighted by Gasteiger charge is 2.40. The van der Waals surface area contributed by atoms with Gasteiger partial charge in [0.05, 0.1) is 12.8 Å². The van der Waals surface area contributed by atoms with Gasteiger partial charge in [-0.1, -0.05) is 0 Å². The normalized spacial score (nSPS) is 19.9. The second kappa shape index (κ2) is 5.45. The van der Waals surface area contributed by atoms with E-state index in [4.69, 9.17) is 4.42 Å². The maximum absolute atomic E-state index is 5.37. The molecule has 2 saturated carbocycles. The molecule has 100 valence electrons. The van der Waals surface area contributed by atoms with E-state index in [1.54, 1.807) is 6.26 Å². The Bertz CT molecular complexity index is 343. The second-order valence-electron chi connectivity index (χ2n) is 5.97. The molecule has 1 heterocycles. The molecule has 0 radical (unpaired) electrons. The topological polar surface area (TPSA) is 28.4 Å². The van der Waals surface area contributed by atoms with E-state index in [1.807, 2.05) is 12.1 Å². The van der Waals surface area contributed by atoms with Crippen molar-refractivity contribution < 1.29 is 4.42 Å². The zero-order valence-corrected chi connectivity index (χ0v) is 11.3.